The van der Waals surface area contributed by atoms with Gasteiger partial charge >= 0.3 is 5.69 Å². The topological polar surface area (TPSA) is 120 Å². The fourth-order valence-corrected chi connectivity index (χ4v) is 3.70. The minimum atomic E-state index is -3.44. The molecule has 1 atom stereocenters. The second-order valence-electron chi connectivity index (χ2n) is 7.97. The average Bonchev–Trinajstić information content (AvgIpc) is 2.77. The van der Waals surface area contributed by atoms with Gasteiger partial charge in [0.05, 0.1) is 17.1 Å². The Bertz CT molecular complexity index is 1390. The second kappa shape index (κ2) is 9.53. The monoisotopic (exact) mass is 470 g/mol. The van der Waals surface area contributed by atoms with E-state index in [1.165, 1.54) is 24.3 Å². The number of hydrogen-bond acceptors (Lipinski definition) is 6. The molecule has 10 heteroatoms. The van der Waals surface area contributed by atoms with Crippen molar-refractivity contribution >= 4 is 15.7 Å². The number of aryl methyl sites for hydroxylation is 1. The number of benzene rings is 2. The third-order valence-electron chi connectivity index (χ3n) is 5.24. The number of amides is 1. The van der Waals surface area contributed by atoms with Crippen LogP contribution in [0.3, 0.4) is 0 Å². The van der Waals surface area contributed by atoms with Gasteiger partial charge in [-0.1, -0.05) is 36.8 Å². The summed E-state index contributed by atoms with van der Waals surface area (Å²) in [6.07, 6.45) is 1.72. The van der Waals surface area contributed by atoms with E-state index in [2.05, 4.69) is 10.4 Å². The third-order valence-corrected chi connectivity index (χ3v) is 6.36. The first-order valence-electron chi connectivity index (χ1n) is 10.4. The van der Waals surface area contributed by atoms with Crippen molar-refractivity contribution in [2.24, 2.45) is 0 Å². The van der Waals surface area contributed by atoms with Gasteiger partial charge in [0.1, 0.15) is 0 Å². The molecule has 0 aliphatic carbocycles. The van der Waals surface area contributed by atoms with E-state index in [0.29, 0.717) is 12.0 Å². The Labute approximate surface area is 191 Å². The van der Waals surface area contributed by atoms with Crippen LogP contribution in [0.2, 0.25) is 0 Å². The maximum Gasteiger partial charge on any atom is 0.352 e. The number of rotatable bonds is 7. The first-order valence-corrected chi connectivity index (χ1v) is 12.3. The molecule has 0 aliphatic rings. The summed E-state index contributed by atoms with van der Waals surface area (Å²) in [5.41, 5.74) is -0.00826. The summed E-state index contributed by atoms with van der Waals surface area (Å²) in [5, 5.41) is 6.75. The lowest BCUT2D eigenvalue weighted by Gasteiger charge is -2.14. The predicted octanol–water partition coefficient (Wildman–Crippen LogP) is 1.68. The fraction of sp³-hybridized carbons (Fsp3) is 0.304. The van der Waals surface area contributed by atoms with Crippen molar-refractivity contribution in [1.82, 2.24) is 19.7 Å². The van der Waals surface area contributed by atoms with Crippen molar-refractivity contribution in [3.05, 3.63) is 86.2 Å². The molecule has 3 aromatic rings. The van der Waals surface area contributed by atoms with Crippen LogP contribution in [0.1, 0.15) is 41.9 Å². The summed E-state index contributed by atoms with van der Waals surface area (Å²) in [6.45, 7) is 5.55. The van der Waals surface area contributed by atoms with Crippen LogP contribution in [0.15, 0.2) is 63.0 Å². The molecule has 1 N–H and O–H groups in total. The minimum absolute atomic E-state index is 0.0501. The predicted molar refractivity (Wildman–Crippen MR) is 125 cm³/mol. The molecule has 0 unspecified atom stereocenters. The van der Waals surface area contributed by atoms with Gasteiger partial charge in [0.2, 0.25) is 5.69 Å². The van der Waals surface area contributed by atoms with Crippen LogP contribution in [0.5, 0.6) is 0 Å². The Hall–Kier alpha value is -3.53. The smallest absolute Gasteiger partial charge is 0.348 e. The van der Waals surface area contributed by atoms with E-state index in [1.54, 1.807) is 19.1 Å². The van der Waals surface area contributed by atoms with Gasteiger partial charge < -0.3 is 5.32 Å². The van der Waals surface area contributed by atoms with E-state index in [1.807, 2.05) is 26.0 Å². The minimum Gasteiger partial charge on any atom is -0.348 e. The molecular weight excluding hydrogens is 444 g/mol. The Kier molecular flexibility index (Phi) is 6.97. The second-order valence-corrected chi connectivity index (χ2v) is 9.98. The molecule has 1 amide bonds. The van der Waals surface area contributed by atoms with Crippen LogP contribution in [0.4, 0.5) is 0 Å². The third kappa shape index (κ3) is 5.46. The summed E-state index contributed by atoms with van der Waals surface area (Å²) < 4.78 is 25.4. The molecule has 174 valence electrons. The Morgan fingerprint density at radius 3 is 2.21 bits per heavy atom. The Morgan fingerprint density at radius 1 is 1.06 bits per heavy atom. The molecule has 0 bridgehead atoms. The van der Waals surface area contributed by atoms with Gasteiger partial charge in [0, 0.05) is 12.3 Å². The van der Waals surface area contributed by atoms with Gasteiger partial charge in [0.15, 0.2) is 9.84 Å². The first kappa shape index (κ1) is 24.1. The van der Waals surface area contributed by atoms with Crippen molar-refractivity contribution in [2.75, 3.05) is 6.26 Å². The summed E-state index contributed by atoms with van der Waals surface area (Å²) in [6, 6.07) is 12.6. The Balaban J connectivity index is 2.18. The molecule has 1 heterocycles. The van der Waals surface area contributed by atoms with E-state index in [4.69, 9.17) is 0 Å². The summed E-state index contributed by atoms with van der Waals surface area (Å²) in [4.78, 5) is 39.2. The van der Waals surface area contributed by atoms with Crippen molar-refractivity contribution < 1.29 is 13.2 Å². The van der Waals surface area contributed by atoms with Crippen molar-refractivity contribution in [3.63, 3.8) is 0 Å². The molecule has 2 aromatic carbocycles. The van der Waals surface area contributed by atoms with Crippen LogP contribution in [-0.2, 0) is 16.4 Å². The van der Waals surface area contributed by atoms with Crippen molar-refractivity contribution in [1.29, 1.82) is 0 Å². The number of carbonyl (C=O) groups excluding carboxylic acids is 1. The zero-order chi connectivity index (χ0) is 24.3. The number of hydrogen-bond donors (Lipinski definition) is 1. The van der Waals surface area contributed by atoms with Gasteiger partial charge in [-0.05, 0) is 50.1 Å². The lowest BCUT2D eigenvalue weighted by Crippen LogP contribution is -2.47. The molecular formula is C23H26N4O5S. The molecule has 0 fully saturated rings. The van der Waals surface area contributed by atoms with Crippen molar-refractivity contribution in [3.8, 4) is 5.69 Å². The van der Waals surface area contributed by atoms with Gasteiger partial charge in [0.25, 0.3) is 11.5 Å². The number of nitrogens with zero attached hydrogens (tertiary/aromatic N) is 3. The van der Waals surface area contributed by atoms with E-state index in [0.717, 1.165) is 21.1 Å². The largest absolute Gasteiger partial charge is 0.352 e. The molecule has 0 saturated heterocycles. The fourth-order valence-electron chi connectivity index (χ4n) is 3.07. The molecule has 1 aromatic heterocycles. The molecule has 0 radical (unpaired) electrons. The van der Waals surface area contributed by atoms with Gasteiger partial charge in [-0.15, -0.1) is 0 Å². The highest BCUT2D eigenvalue weighted by Gasteiger charge is 2.21. The van der Waals surface area contributed by atoms with E-state index >= 15 is 0 Å². The molecule has 33 heavy (non-hydrogen) atoms. The van der Waals surface area contributed by atoms with Crippen LogP contribution in [0, 0.1) is 6.92 Å². The molecule has 0 saturated carbocycles. The molecule has 9 nitrogen and oxygen atoms in total. The van der Waals surface area contributed by atoms with Crippen LogP contribution in [0.25, 0.3) is 5.69 Å². The summed E-state index contributed by atoms with van der Waals surface area (Å²) >= 11 is 0. The maximum absolute atomic E-state index is 13.2. The lowest BCUT2D eigenvalue weighted by molar-refractivity contribution is 0.0929. The van der Waals surface area contributed by atoms with Gasteiger partial charge in [-0.3, -0.25) is 14.2 Å². The van der Waals surface area contributed by atoms with Gasteiger partial charge in [-0.2, -0.15) is 9.78 Å². The molecule has 3 rings (SSSR count). The average molecular weight is 471 g/mol. The highest BCUT2D eigenvalue weighted by atomic mass is 32.2. The SMILES string of the molecule is CC[C@@H](C)NC(=O)c1nn(-c2ccc(S(C)(=O)=O)cc2)c(=O)n(Cc2ccc(C)cc2)c1=O. The van der Waals surface area contributed by atoms with Gasteiger partial charge in [-0.25, -0.2) is 13.2 Å². The molecule has 0 aliphatic heterocycles. The Morgan fingerprint density at radius 2 is 1.67 bits per heavy atom. The lowest BCUT2D eigenvalue weighted by atomic mass is 10.1. The van der Waals surface area contributed by atoms with E-state index in [9.17, 15) is 22.8 Å². The van der Waals surface area contributed by atoms with Crippen molar-refractivity contribution in [2.45, 2.75) is 44.7 Å². The number of aromatic nitrogens is 3. The zero-order valence-corrected chi connectivity index (χ0v) is 19.7. The highest BCUT2D eigenvalue weighted by molar-refractivity contribution is 7.90. The number of sulfone groups is 1. The summed E-state index contributed by atoms with van der Waals surface area (Å²) in [7, 11) is -3.44. The zero-order valence-electron chi connectivity index (χ0n) is 18.9. The van der Waals surface area contributed by atoms with E-state index in [-0.39, 0.29) is 23.2 Å². The normalized spacial score (nSPS) is 12.4. The molecule has 0 spiro atoms. The number of carbonyl (C=O) groups is 1. The standard InChI is InChI=1S/C23H26N4O5S/c1-5-16(3)24-21(28)20-22(29)26(14-17-8-6-15(2)7-9-17)23(30)27(25-20)18-10-12-19(13-11-18)33(4,31)32/h6-13,16H,5,14H2,1-4H3,(H,24,28)/t16-/m1/s1. The summed E-state index contributed by atoms with van der Waals surface area (Å²) in [5.74, 6) is -0.687. The maximum atomic E-state index is 13.2. The quantitative estimate of drug-likeness (QED) is 0.561. The van der Waals surface area contributed by atoms with E-state index < -0.39 is 32.7 Å². The number of nitrogens with one attached hydrogen (secondary N) is 1. The van der Waals surface area contributed by atoms with Crippen LogP contribution < -0.4 is 16.6 Å². The highest BCUT2D eigenvalue weighted by Crippen LogP contribution is 2.12. The first-order chi connectivity index (χ1) is 15.5. The van der Waals surface area contributed by atoms with Crippen LogP contribution >= 0.6 is 0 Å². The van der Waals surface area contributed by atoms with Crippen LogP contribution in [-0.4, -0.2) is 41.0 Å².